The Hall–Kier alpha value is -2.48. The van der Waals surface area contributed by atoms with Crippen molar-refractivity contribution in [2.75, 3.05) is 26.8 Å². The molecule has 1 atom stereocenters. The van der Waals surface area contributed by atoms with Gasteiger partial charge in [0.05, 0.1) is 25.4 Å². The van der Waals surface area contributed by atoms with Crippen LogP contribution in [0.5, 0.6) is 5.95 Å². The molecule has 0 unspecified atom stereocenters. The summed E-state index contributed by atoms with van der Waals surface area (Å²) in [5, 5.41) is 0. The molecule has 3 rings (SSSR count). The van der Waals surface area contributed by atoms with E-state index in [4.69, 9.17) is 13.9 Å². The van der Waals surface area contributed by atoms with Gasteiger partial charge in [-0.3, -0.25) is 4.79 Å². The van der Waals surface area contributed by atoms with Gasteiger partial charge in [0.1, 0.15) is 0 Å². The molecule has 8 heteroatoms. The van der Waals surface area contributed by atoms with E-state index in [9.17, 15) is 18.0 Å². The molecule has 0 radical (unpaired) electrons. The SMILES string of the molecule is COc1ccc(C(=O)N2CCO[C@H](Cc3cccc(C(F)(F)F)c3)C2)o1. The van der Waals surface area contributed by atoms with Gasteiger partial charge in [-0.25, -0.2) is 0 Å². The largest absolute Gasteiger partial charge is 0.468 e. The summed E-state index contributed by atoms with van der Waals surface area (Å²) in [6, 6.07) is 8.22. The summed E-state index contributed by atoms with van der Waals surface area (Å²) >= 11 is 0. The van der Waals surface area contributed by atoms with Crippen LogP contribution in [-0.4, -0.2) is 43.7 Å². The number of methoxy groups -OCH3 is 1. The lowest BCUT2D eigenvalue weighted by Gasteiger charge is -2.32. The van der Waals surface area contributed by atoms with Gasteiger partial charge in [-0.15, -0.1) is 0 Å². The third-order valence-electron chi connectivity index (χ3n) is 4.14. The fraction of sp³-hybridized carbons (Fsp3) is 0.389. The molecule has 0 spiro atoms. The zero-order chi connectivity index (χ0) is 18.7. The number of amides is 1. The number of hydrogen-bond donors (Lipinski definition) is 0. The fourth-order valence-electron chi connectivity index (χ4n) is 2.87. The van der Waals surface area contributed by atoms with E-state index in [1.807, 2.05) is 0 Å². The molecule has 140 valence electrons. The molecule has 0 aliphatic carbocycles. The zero-order valence-electron chi connectivity index (χ0n) is 14.1. The van der Waals surface area contributed by atoms with Crippen LogP contribution in [0.15, 0.2) is 40.8 Å². The monoisotopic (exact) mass is 369 g/mol. The van der Waals surface area contributed by atoms with Gasteiger partial charge in [0.15, 0.2) is 5.76 Å². The van der Waals surface area contributed by atoms with Gasteiger partial charge < -0.3 is 18.8 Å². The van der Waals surface area contributed by atoms with Crippen LogP contribution in [0.4, 0.5) is 13.2 Å². The van der Waals surface area contributed by atoms with Crippen LogP contribution in [0.25, 0.3) is 0 Å². The molecule has 0 bridgehead atoms. The second kappa shape index (κ2) is 7.41. The van der Waals surface area contributed by atoms with Crippen LogP contribution in [0.1, 0.15) is 21.7 Å². The molecule has 0 saturated carbocycles. The lowest BCUT2D eigenvalue weighted by Crippen LogP contribution is -2.46. The maximum atomic E-state index is 12.8. The topological polar surface area (TPSA) is 51.9 Å². The maximum absolute atomic E-state index is 12.8. The fourth-order valence-corrected chi connectivity index (χ4v) is 2.87. The Balaban J connectivity index is 1.66. The standard InChI is InChI=1S/C18H18F3NO4/c1-24-16-6-5-15(26-16)17(23)22-7-8-25-14(11-22)10-12-3-2-4-13(9-12)18(19,20)21/h2-6,9,14H,7-8,10-11H2,1H3/t14-/m1/s1. The number of rotatable bonds is 4. The van der Waals surface area contributed by atoms with Gasteiger partial charge in [0.25, 0.3) is 11.9 Å². The second-order valence-electron chi connectivity index (χ2n) is 5.97. The average molecular weight is 369 g/mol. The minimum atomic E-state index is -4.39. The Labute approximate surface area is 148 Å². The minimum Gasteiger partial charge on any atom is -0.468 e. The van der Waals surface area contributed by atoms with Crippen molar-refractivity contribution in [3.8, 4) is 5.95 Å². The molecule has 26 heavy (non-hydrogen) atoms. The first-order valence-electron chi connectivity index (χ1n) is 8.07. The van der Waals surface area contributed by atoms with E-state index in [-0.39, 0.29) is 36.7 Å². The maximum Gasteiger partial charge on any atom is 0.416 e. The molecule has 5 nitrogen and oxygen atoms in total. The van der Waals surface area contributed by atoms with Crippen molar-refractivity contribution in [3.63, 3.8) is 0 Å². The molecule has 1 saturated heterocycles. The summed E-state index contributed by atoms with van der Waals surface area (Å²) in [6.07, 6.45) is -4.48. The Morgan fingerprint density at radius 3 is 2.81 bits per heavy atom. The molecular formula is C18H18F3NO4. The lowest BCUT2D eigenvalue weighted by molar-refractivity contribution is -0.137. The summed E-state index contributed by atoms with van der Waals surface area (Å²) in [4.78, 5) is 14.1. The van der Waals surface area contributed by atoms with Crippen LogP contribution in [0.2, 0.25) is 0 Å². The van der Waals surface area contributed by atoms with Crippen LogP contribution >= 0.6 is 0 Å². The van der Waals surface area contributed by atoms with Gasteiger partial charge in [-0.1, -0.05) is 18.2 Å². The second-order valence-corrected chi connectivity index (χ2v) is 5.97. The first-order valence-corrected chi connectivity index (χ1v) is 8.07. The van der Waals surface area contributed by atoms with E-state index in [0.29, 0.717) is 18.7 Å². The van der Waals surface area contributed by atoms with Gasteiger partial charge in [0.2, 0.25) is 0 Å². The number of morpholine rings is 1. The van der Waals surface area contributed by atoms with Crippen LogP contribution < -0.4 is 4.74 Å². The van der Waals surface area contributed by atoms with Crippen molar-refractivity contribution in [1.82, 2.24) is 4.90 Å². The minimum absolute atomic E-state index is 0.154. The predicted molar refractivity (Wildman–Crippen MR) is 86.1 cm³/mol. The number of ether oxygens (including phenoxy) is 2. The number of hydrogen-bond acceptors (Lipinski definition) is 4. The van der Waals surface area contributed by atoms with E-state index in [1.165, 1.54) is 19.2 Å². The average Bonchev–Trinajstić information content (AvgIpc) is 3.10. The number of alkyl halides is 3. The summed E-state index contributed by atoms with van der Waals surface area (Å²) in [6.45, 7) is 0.978. The highest BCUT2D eigenvalue weighted by atomic mass is 19.4. The molecule has 1 aliphatic heterocycles. The summed E-state index contributed by atoms with van der Waals surface area (Å²) in [7, 11) is 1.44. The Morgan fingerprint density at radius 1 is 1.31 bits per heavy atom. The van der Waals surface area contributed by atoms with Gasteiger partial charge >= 0.3 is 6.18 Å². The number of halogens is 3. The third kappa shape index (κ3) is 4.19. The van der Waals surface area contributed by atoms with Crippen molar-refractivity contribution in [1.29, 1.82) is 0 Å². The molecule has 1 aromatic carbocycles. The van der Waals surface area contributed by atoms with E-state index in [2.05, 4.69) is 0 Å². The van der Waals surface area contributed by atoms with E-state index < -0.39 is 11.7 Å². The van der Waals surface area contributed by atoms with Crippen molar-refractivity contribution in [2.45, 2.75) is 18.7 Å². The third-order valence-corrected chi connectivity index (χ3v) is 4.14. The number of carbonyl (C=O) groups excluding carboxylic acids is 1. The Morgan fingerprint density at radius 2 is 2.12 bits per heavy atom. The van der Waals surface area contributed by atoms with Crippen LogP contribution in [0.3, 0.4) is 0 Å². The highest BCUT2D eigenvalue weighted by Gasteiger charge is 2.31. The summed E-state index contributed by atoms with van der Waals surface area (Å²) in [5.41, 5.74) is -0.180. The molecule has 2 heterocycles. The van der Waals surface area contributed by atoms with Crippen molar-refractivity contribution < 1.29 is 31.9 Å². The molecule has 1 fully saturated rings. The number of carbonyl (C=O) groups is 1. The van der Waals surface area contributed by atoms with Crippen molar-refractivity contribution >= 4 is 5.91 Å². The van der Waals surface area contributed by atoms with Gasteiger partial charge in [-0.2, -0.15) is 13.2 Å². The highest BCUT2D eigenvalue weighted by Crippen LogP contribution is 2.30. The number of nitrogens with zero attached hydrogens (tertiary/aromatic N) is 1. The number of furan rings is 1. The first kappa shape index (κ1) is 18.3. The smallest absolute Gasteiger partial charge is 0.416 e. The molecule has 1 amide bonds. The first-order chi connectivity index (χ1) is 12.4. The molecule has 0 N–H and O–H groups in total. The molecular weight excluding hydrogens is 351 g/mol. The van der Waals surface area contributed by atoms with Crippen molar-refractivity contribution in [3.05, 3.63) is 53.3 Å². The Bertz CT molecular complexity index is 772. The lowest BCUT2D eigenvalue weighted by atomic mass is 10.0. The van der Waals surface area contributed by atoms with Crippen LogP contribution in [-0.2, 0) is 17.3 Å². The molecule has 1 aliphatic rings. The van der Waals surface area contributed by atoms with E-state index in [1.54, 1.807) is 17.0 Å². The van der Waals surface area contributed by atoms with Gasteiger partial charge in [0, 0.05) is 25.6 Å². The Kier molecular flexibility index (Phi) is 5.22. The summed E-state index contributed by atoms with van der Waals surface area (Å²) in [5.74, 6) is 0.0920. The predicted octanol–water partition coefficient (Wildman–Crippen LogP) is 3.39. The van der Waals surface area contributed by atoms with E-state index >= 15 is 0 Å². The summed E-state index contributed by atoms with van der Waals surface area (Å²) < 4.78 is 54.3. The molecule has 1 aromatic heterocycles. The highest BCUT2D eigenvalue weighted by molar-refractivity contribution is 5.91. The van der Waals surface area contributed by atoms with Gasteiger partial charge in [-0.05, 0) is 17.7 Å². The normalized spacial score (nSPS) is 18.0. The van der Waals surface area contributed by atoms with E-state index in [0.717, 1.165) is 12.1 Å². The number of benzene rings is 1. The quantitative estimate of drug-likeness (QED) is 0.829. The molecule has 2 aromatic rings. The van der Waals surface area contributed by atoms with Crippen molar-refractivity contribution in [2.24, 2.45) is 0 Å². The van der Waals surface area contributed by atoms with Crippen LogP contribution in [0, 0.1) is 0 Å². The zero-order valence-corrected chi connectivity index (χ0v) is 14.1.